The Morgan fingerprint density at radius 1 is 0.839 bits per heavy atom. The van der Waals surface area contributed by atoms with Crippen LogP contribution in [0.2, 0.25) is 0 Å². The Labute approximate surface area is 178 Å². The number of benzene rings is 3. The molecule has 0 aliphatic heterocycles. The monoisotopic (exact) mass is 433 g/mol. The molecule has 8 heteroatoms. The third kappa shape index (κ3) is 5.82. The molecule has 164 valence electrons. The molecule has 0 saturated carbocycles. The summed E-state index contributed by atoms with van der Waals surface area (Å²) in [6.45, 7) is 0.300. The van der Waals surface area contributed by atoms with E-state index in [1.165, 1.54) is 38.5 Å². The Morgan fingerprint density at radius 3 is 2.03 bits per heavy atom. The fourth-order valence-electron chi connectivity index (χ4n) is 3.04. The van der Waals surface area contributed by atoms with Crippen molar-refractivity contribution in [2.24, 2.45) is 5.73 Å². The van der Waals surface area contributed by atoms with Crippen molar-refractivity contribution < 1.29 is 32.1 Å². The van der Waals surface area contributed by atoms with E-state index in [-0.39, 0.29) is 5.75 Å². The van der Waals surface area contributed by atoms with Gasteiger partial charge in [0.15, 0.2) is 11.5 Å². The predicted octanol–water partition coefficient (Wildman–Crippen LogP) is 5.23. The summed E-state index contributed by atoms with van der Waals surface area (Å²) in [5.74, 6) is 1.08. The van der Waals surface area contributed by atoms with E-state index in [0.29, 0.717) is 35.0 Å². The number of hydrogen-bond donors (Lipinski definition) is 1. The van der Waals surface area contributed by atoms with Gasteiger partial charge in [-0.3, -0.25) is 0 Å². The molecule has 1 atom stereocenters. The third-order valence-corrected chi connectivity index (χ3v) is 4.56. The van der Waals surface area contributed by atoms with Gasteiger partial charge in [-0.25, -0.2) is 0 Å². The summed E-state index contributed by atoms with van der Waals surface area (Å²) in [5.41, 5.74) is 8.57. The van der Waals surface area contributed by atoms with E-state index in [1.807, 2.05) is 30.3 Å². The second kappa shape index (κ2) is 9.61. The molecule has 0 saturated heterocycles. The zero-order chi connectivity index (χ0) is 22.4. The van der Waals surface area contributed by atoms with E-state index in [1.54, 1.807) is 12.1 Å². The molecule has 2 N–H and O–H groups in total. The highest BCUT2D eigenvalue weighted by molar-refractivity contribution is 5.54. The van der Waals surface area contributed by atoms with Crippen LogP contribution in [-0.2, 0) is 6.61 Å². The molecule has 3 rings (SSSR count). The number of ether oxygens (including phenoxy) is 4. The van der Waals surface area contributed by atoms with Crippen LogP contribution in [0.15, 0.2) is 66.7 Å². The minimum atomic E-state index is -4.76. The fourth-order valence-corrected chi connectivity index (χ4v) is 3.04. The Balaban J connectivity index is 1.91. The van der Waals surface area contributed by atoms with Crippen LogP contribution in [0, 0.1) is 0 Å². The first-order valence-corrected chi connectivity index (χ1v) is 9.34. The maximum atomic E-state index is 12.4. The minimum Gasteiger partial charge on any atom is -0.493 e. The standard InChI is InChI=1S/C23H22F3NO4/c1-28-20-12-18(22(27)16-8-10-17(11-9-16)31-23(24,25)26)19(13-21(20)29-2)30-14-15-6-4-3-5-7-15/h3-13,22H,14,27H2,1-2H3/t22-/m1/s1. The van der Waals surface area contributed by atoms with Crippen molar-refractivity contribution >= 4 is 0 Å². The van der Waals surface area contributed by atoms with Gasteiger partial charge in [-0.05, 0) is 29.3 Å². The van der Waals surface area contributed by atoms with Gasteiger partial charge in [0.05, 0.1) is 20.3 Å². The smallest absolute Gasteiger partial charge is 0.493 e. The second-order valence-corrected chi connectivity index (χ2v) is 6.61. The van der Waals surface area contributed by atoms with Crippen molar-refractivity contribution in [2.75, 3.05) is 14.2 Å². The molecule has 0 bridgehead atoms. The number of methoxy groups -OCH3 is 2. The van der Waals surface area contributed by atoms with Crippen LogP contribution in [0.3, 0.4) is 0 Å². The van der Waals surface area contributed by atoms with Gasteiger partial charge in [-0.15, -0.1) is 13.2 Å². The zero-order valence-corrected chi connectivity index (χ0v) is 17.0. The highest BCUT2D eigenvalue weighted by Crippen LogP contribution is 2.39. The van der Waals surface area contributed by atoms with Crippen LogP contribution < -0.4 is 24.7 Å². The summed E-state index contributed by atoms with van der Waals surface area (Å²) in [6.07, 6.45) is -4.76. The molecular formula is C23H22F3NO4. The van der Waals surface area contributed by atoms with Gasteiger partial charge in [0.1, 0.15) is 18.1 Å². The molecule has 0 unspecified atom stereocenters. The Bertz CT molecular complexity index is 992. The van der Waals surface area contributed by atoms with Gasteiger partial charge in [0, 0.05) is 11.6 Å². The zero-order valence-electron chi connectivity index (χ0n) is 17.0. The van der Waals surface area contributed by atoms with Gasteiger partial charge in [-0.1, -0.05) is 42.5 Å². The van der Waals surface area contributed by atoms with Crippen LogP contribution in [0.4, 0.5) is 13.2 Å². The molecule has 0 radical (unpaired) electrons. The summed E-state index contributed by atoms with van der Waals surface area (Å²) in [4.78, 5) is 0. The highest BCUT2D eigenvalue weighted by atomic mass is 19.4. The molecule has 0 aromatic heterocycles. The summed E-state index contributed by atoms with van der Waals surface area (Å²) in [6, 6.07) is 17.7. The van der Waals surface area contributed by atoms with E-state index < -0.39 is 12.4 Å². The van der Waals surface area contributed by atoms with Crippen molar-refractivity contribution in [1.82, 2.24) is 0 Å². The molecule has 31 heavy (non-hydrogen) atoms. The fraction of sp³-hybridized carbons (Fsp3) is 0.217. The molecule has 0 heterocycles. The predicted molar refractivity (Wildman–Crippen MR) is 109 cm³/mol. The quantitative estimate of drug-likeness (QED) is 0.527. The van der Waals surface area contributed by atoms with Crippen LogP contribution in [-0.4, -0.2) is 20.6 Å². The van der Waals surface area contributed by atoms with Gasteiger partial charge in [0.2, 0.25) is 0 Å². The molecule has 5 nitrogen and oxygen atoms in total. The molecule has 0 aliphatic carbocycles. The van der Waals surface area contributed by atoms with Gasteiger partial charge >= 0.3 is 6.36 Å². The molecule has 3 aromatic rings. The van der Waals surface area contributed by atoms with E-state index in [2.05, 4.69) is 4.74 Å². The van der Waals surface area contributed by atoms with Crippen LogP contribution in [0.5, 0.6) is 23.0 Å². The van der Waals surface area contributed by atoms with Gasteiger partial charge in [-0.2, -0.15) is 0 Å². The van der Waals surface area contributed by atoms with E-state index in [0.717, 1.165) is 5.56 Å². The van der Waals surface area contributed by atoms with Crippen LogP contribution >= 0.6 is 0 Å². The number of rotatable bonds is 8. The first kappa shape index (κ1) is 22.3. The van der Waals surface area contributed by atoms with E-state index in [4.69, 9.17) is 19.9 Å². The first-order chi connectivity index (χ1) is 14.8. The minimum absolute atomic E-state index is 0.300. The lowest BCUT2D eigenvalue weighted by Crippen LogP contribution is -2.17. The number of alkyl halides is 3. The lowest BCUT2D eigenvalue weighted by molar-refractivity contribution is -0.274. The van der Waals surface area contributed by atoms with E-state index in [9.17, 15) is 13.2 Å². The summed E-state index contributed by atoms with van der Waals surface area (Å²) < 4.78 is 57.9. The van der Waals surface area contributed by atoms with Crippen molar-refractivity contribution in [3.8, 4) is 23.0 Å². The Kier molecular flexibility index (Phi) is 6.91. The van der Waals surface area contributed by atoms with Crippen molar-refractivity contribution in [3.05, 3.63) is 83.4 Å². The van der Waals surface area contributed by atoms with Crippen molar-refractivity contribution in [3.63, 3.8) is 0 Å². The van der Waals surface area contributed by atoms with Crippen molar-refractivity contribution in [2.45, 2.75) is 19.0 Å². The topological polar surface area (TPSA) is 62.9 Å². The molecular weight excluding hydrogens is 411 g/mol. The normalized spacial score (nSPS) is 12.2. The van der Waals surface area contributed by atoms with Crippen LogP contribution in [0.1, 0.15) is 22.7 Å². The SMILES string of the molecule is COc1cc(OCc2ccccc2)c([C@H](N)c2ccc(OC(F)(F)F)cc2)cc1OC. The third-order valence-electron chi connectivity index (χ3n) is 4.56. The Hall–Kier alpha value is -3.39. The maximum absolute atomic E-state index is 12.4. The molecule has 0 aliphatic rings. The molecule has 0 amide bonds. The van der Waals surface area contributed by atoms with Gasteiger partial charge in [0.25, 0.3) is 0 Å². The molecule has 0 spiro atoms. The number of hydrogen-bond acceptors (Lipinski definition) is 5. The summed E-state index contributed by atoms with van der Waals surface area (Å²) in [7, 11) is 3.01. The number of nitrogens with two attached hydrogens (primary N) is 1. The number of halogens is 3. The molecule has 3 aromatic carbocycles. The second-order valence-electron chi connectivity index (χ2n) is 6.61. The Morgan fingerprint density at radius 2 is 1.45 bits per heavy atom. The van der Waals surface area contributed by atoms with E-state index >= 15 is 0 Å². The average Bonchev–Trinajstić information content (AvgIpc) is 2.76. The van der Waals surface area contributed by atoms with Crippen LogP contribution in [0.25, 0.3) is 0 Å². The maximum Gasteiger partial charge on any atom is 0.573 e. The lowest BCUT2D eigenvalue weighted by atomic mass is 9.98. The highest BCUT2D eigenvalue weighted by Gasteiger charge is 2.31. The summed E-state index contributed by atoms with van der Waals surface area (Å²) in [5, 5.41) is 0. The molecule has 0 fully saturated rings. The van der Waals surface area contributed by atoms with Crippen molar-refractivity contribution in [1.29, 1.82) is 0 Å². The van der Waals surface area contributed by atoms with Gasteiger partial charge < -0.3 is 24.7 Å². The lowest BCUT2D eigenvalue weighted by Gasteiger charge is -2.20. The average molecular weight is 433 g/mol. The largest absolute Gasteiger partial charge is 0.573 e. The summed E-state index contributed by atoms with van der Waals surface area (Å²) >= 11 is 0. The first-order valence-electron chi connectivity index (χ1n) is 9.34.